The van der Waals surface area contributed by atoms with Crippen LogP contribution in [0.15, 0.2) is 24.4 Å². The fourth-order valence-electron chi connectivity index (χ4n) is 4.60. The van der Waals surface area contributed by atoms with Crippen LogP contribution in [-0.2, 0) is 19.4 Å². The summed E-state index contributed by atoms with van der Waals surface area (Å²) in [5, 5.41) is 1.33. The number of nitrogens with zero attached hydrogens (tertiary/aromatic N) is 4. The van der Waals surface area contributed by atoms with Gasteiger partial charge in [0.15, 0.2) is 0 Å². The predicted octanol–water partition coefficient (Wildman–Crippen LogP) is 4.37. The molecule has 0 amide bonds. The van der Waals surface area contributed by atoms with Crippen molar-refractivity contribution >= 4 is 22.8 Å². The van der Waals surface area contributed by atoms with E-state index in [0.29, 0.717) is 0 Å². The summed E-state index contributed by atoms with van der Waals surface area (Å²) in [7, 11) is 2.21. The maximum Gasteiger partial charge on any atom is 0.144 e. The van der Waals surface area contributed by atoms with Crippen molar-refractivity contribution in [1.29, 1.82) is 0 Å². The van der Waals surface area contributed by atoms with Crippen LogP contribution >= 0.6 is 0 Å². The molecule has 0 atom stereocenters. The summed E-state index contributed by atoms with van der Waals surface area (Å²) in [5.74, 6) is 0. The number of rotatable bonds is 1. The molecule has 0 saturated heterocycles. The van der Waals surface area contributed by atoms with Crippen molar-refractivity contribution in [2.24, 2.45) is 0 Å². The fourth-order valence-corrected chi connectivity index (χ4v) is 4.60. The van der Waals surface area contributed by atoms with Crippen LogP contribution in [0.4, 0.5) is 0 Å². The van der Waals surface area contributed by atoms with Gasteiger partial charge in [-0.3, -0.25) is 4.98 Å². The first kappa shape index (κ1) is 16.7. The van der Waals surface area contributed by atoms with Gasteiger partial charge in [-0.15, -0.1) is 0 Å². The number of fused-ring (bicyclic) bond motifs is 4. The van der Waals surface area contributed by atoms with Crippen molar-refractivity contribution in [1.82, 2.24) is 19.4 Å². The molecule has 0 fully saturated rings. The highest BCUT2D eigenvalue weighted by atomic mass is 15.1. The maximum atomic E-state index is 4.83. The number of aryl methyl sites for hydroxylation is 3. The molecule has 5 rings (SSSR count). The molecule has 0 radical (unpaired) electrons. The van der Waals surface area contributed by atoms with Gasteiger partial charge >= 0.3 is 0 Å². The van der Waals surface area contributed by atoms with Crippen LogP contribution in [0.2, 0.25) is 0 Å². The predicted molar refractivity (Wildman–Crippen MR) is 111 cm³/mol. The minimum Gasteiger partial charge on any atom is -0.303 e. The highest BCUT2D eigenvalue weighted by Gasteiger charge is 2.24. The lowest BCUT2D eigenvalue weighted by Crippen LogP contribution is -2.27. The number of hydrogen-bond acceptors (Lipinski definition) is 3. The molecule has 0 N–H and O–H groups in total. The van der Waals surface area contributed by atoms with Crippen molar-refractivity contribution in [3.05, 3.63) is 58.2 Å². The third-order valence-corrected chi connectivity index (χ3v) is 5.96. The lowest BCUT2D eigenvalue weighted by atomic mass is 9.91. The van der Waals surface area contributed by atoms with E-state index in [-0.39, 0.29) is 0 Å². The van der Waals surface area contributed by atoms with E-state index in [1.54, 1.807) is 0 Å². The molecule has 0 saturated carbocycles. The standard InChI is InChI=1S/C23H26N4/c1-15-11-20-19-9-10-26(3)14-22(19)27(23(20)24-12-15)13-17-5-4-6-21-18(17)8-7-16(2)25-21/h7-8,11-13H,4-6,9-10,14H2,1-3H3/b17-13+. The van der Waals surface area contributed by atoms with E-state index in [1.807, 2.05) is 6.20 Å². The zero-order valence-electron chi connectivity index (χ0n) is 16.4. The Morgan fingerprint density at radius 3 is 2.89 bits per heavy atom. The van der Waals surface area contributed by atoms with Gasteiger partial charge in [0, 0.05) is 53.5 Å². The summed E-state index contributed by atoms with van der Waals surface area (Å²) in [6.45, 7) is 6.31. The number of hydrogen-bond donors (Lipinski definition) is 0. The third kappa shape index (κ3) is 2.79. The van der Waals surface area contributed by atoms with Crippen molar-refractivity contribution in [2.45, 2.75) is 46.1 Å². The van der Waals surface area contributed by atoms with E-state index in [9.17, 15) is 0 Å². The van der Waals surface area contributed by atoms with Crippen LogP contribution in [0.1, 0.15) is 46.6 Å². The molecular formula is C23H26N4. The third-order valence-electron chi connectivity index (χ3n) is 5.96. The first-order valence-corrected chi connectivity index (χ1v) is 9.94. The Bertz CT molecular complexity index is 1070. The van der Waals surface area contributed by atoms with E-state index >= 15 is 0 Å². The van der Waals surface area contributed by atoms with Crippen molar-refractivity contribution < 1.29 is 0 Å². The van der Waals surface area contributed by atoms with Crippen molar-refractivity contribution in [3.63, 3.8) is 0 Å². The number of allylic oxidation sites excluding steroid dienone is 1. The fraction of sp³-hybridized carbons (Fsp3) is 0.391. The minimum atomic E-state index is 0.980. The molecule has 1 aliphatic carbocycles. The topological polar surface area (TPSA) is 34.0 Å². The normalized spacial score (nSPS) is 18.7. The molecule has 3 aromatic rings. The second-order valence-electron chi connectivity index (χ2n) is 8.12. The summed E-state index contributed by atoms with van der Waals surface area (Å²) in [6, 6.07) is 6.70. The van der Waals surface area contributed by atoms with Gasteiger partial charge in [0.2, 0.25) is 0 Å². The summed E-state index contributed by atoms with van der Waals surface area (Å²) in [5.41, 5.74) is 10.3. The second-order valence-corrected chi connectivity index (χ2v) is 8.12. The molecule has 0 aromatic carbocycles. The maximum absolute atomic E-state index is 4.83. The molecule has 0 spiro atoms. The van der Waals surface area contributed by atoms with Gasteiger partial charge in [0.1, 0.15) is 5.65 Å². The molecular weight excluding hydrogens is 332 g/mol. The Hall–Kier alpha value is -2.46. The molecule has 27 heavy (non-hydrogen) atoms. The summed E-state index contributed by atoms with van der Waals surface area (Å²) >= 11 is 0. The van der Waals surface area contributed by atoms with Crippen molar-refractivity contribution in [3.8, 4) is 0 Å². The monoisotopic (exact) mass is 358 g/mol. The molecule has 138 valence electrons. The van der Waals surface area contributed by atoms with Gasteiger partial charge in [-0.1, -0.05) is 6.07 Å². The van der Waals surface area contributed by atoms with Crippen LogP contribution in [0.3, 0.4) is 0 Å². The second kappa shape index (κ2) is 6.31. The highest BCUT2D eigenvalue weighted by Crippen LogP contribution is 2.34. The number of aromatic nitrogens is 3. The van der Waals surface area contributed by atoms with E-state index in [2.05, 4.69) is 54.8 Å². The zero-order valence-corrected chi connectivity index (χ0v) is 16.4. The molecule has 0 bridgehead atoms. The first-order valence-electron chi connectivity index (χ1n) is 9.94. The number of pyridine rings is 2. The Balaban J connectivity index is 1.73. The van der Waals surface area contributed by atoms with Crippen LogP contribution in [-0.4, -0.2) is 33.0 Å². The number of likely N-dealkylation sites (N-methyl/N-ethyl adjacent to an activating group) is 1. The van der Waals surface area contributed by atoms with Crippen molar-refractivity contribution in [2.75, 3.05) is 13.6 Å². The van der Waals surface area contributed by atoms with Gasteiger partial charge in [0.05, 0.1) is 0 Å². The zero-order chi connectivity index (χ0) is 18.5. The van der Waals surface area contributed by atoms with Gasteiger partial charge in [0.25, 0.3) is 0 Å². The van der Waals surface area contributed by atoms with E-state index < -0.39 is 0 Å². The van der Waals surface area contributed by atoms with Gasteiger partial charge in [-0.25, -0.2) is 4.98 Å². The lowest BCUT2D eigenvalue weighted by molar-refractivity contribution is 0.308. The molecule has 4 heterocycles. The van der Waals surface area contributed by atoms with E-state index in [0.717, 1.165) is 43.7 Å². The summed E-state index contributed by atoms with van der Waals surface area (Å²) in [6.07, 6.45) is 8.79. The lowest BCUT2D eigenvalue weighted by Gasteiger charge is -2.24. The SMILES string of the molecule is Cc1cnc2c(c1)c1c(n2/C=C2\CCCc3nc(C)ccc32)CN(C)CC1. The summed E-state index contributed by atoms with van der Waals surface area (Å²) in [4.78, 5) is 12.0. The van der Waals surface area contributed by atoms with Crippen LogP contribution in [0, 0.1) is 13.8 Å². The molecule has 0 unspecified atom stereocenters. The van der Waals surface area contributed by atoms with E-state index in [4.69, 9.17) is 9.97 Å². The molecule has 4 heteroatoms. The van der Waals surface area contributed by atoms with Gasteiger partial charge < -0.3 is 9.47 Å². The Morgan fingerprint density at radius 1 is 1.11 bits per heavy atom. The molecule has 3 aromatic heterocycles. The molecule has 1 aliphatic heterocycles. The molecule has 2 aliphatic rings. The van der Waals surface area contributed by atoms with Gasteiger partial charge in [-0.05, 0) is 75.4 Å². The van der Waals surface area contributed by atoms with Crippen LogP contribution in [0.5, 0.6) is 0 Å². The highest BCUT2D eigenvalue weighted by molar-refractivity contribution is 5.88. The largest absolute Gasteiger partial charge is 0.303 e. The minimum absolute atomic E-state index is 0.980. The molecule has 4 nitrogen and oxygen atoms in total. The Morgan fingerprint density at radius 2 is 2.00 bits per heavy atom. The quantitative estimate of drug-likeness (QED) is 0.648. The van der Waals surface area contributed by atoms with E-state index in [1.165, 1.54) is 45.5 Å². The first-order chi connectivity index (χ1) is 13.1. The smallest absolute Gasteiger partial charge is 0.144 e. The Kier molecular flexibility index (Phi) is 3.90. The summed E-state index contributed by atoms with van der Waals surface area (Å²) < 4.78 is 2.37. The average molecular weight is 358 g/mol. The average Bonchev–Trinajstić information content (AvgIpc) is 2.94. The Labute approximate surface area is 160 Å². The van der Waals surface area contributed by atoms with Crippen LogP contribution < -0.4 is 0 Å². The van der Waals surface area contributed by atoms with Crippen LogP contribution in [0.25, 0.3) is 22.8 Å². The van der Waals surface area contributed by atoms with Gasteiger partial charge in [-0.2, -0.15) is 0 Å².